The molecule has 2 rings (SSSR count). The number of nitrogens with two attached hydrogens (primary N) is 1. The van der Waals surface area contributed by atoms with E-state index in [1.54, 1.807) is 0 Å². The van der Waals surface area contributed by atoms with E-state index in [2.05, 4.69) is 0 Å². The second-order valence-corrected chi connectivity index (χ2v) is 4.32. The van der Waals surface area contributed by atoms with E-state index >= 15 is 0 Å². The average molecular weight is 169 g/mol. The highest BCUT2D eigenvalue weighted by Gasteiger charge is 2.30. The maximum atomic E-state index is 6.05. The molecule has 0 radical (unpaired) electrons. The van der Waals surface area contributed by atoms with E-state index in [0.717, 1.165) is 25.0 Å². The van der Waals surface area contributed by atoms with E-state index in [4.69, 9.17) is 10.5 Å². The predicted octanol–water partition coefficient (Wildman–Crippen LogP) is 1.54. The molecule has 12 heavy (non-hydrogen) atoms. The van der Waals surface area contributed by atoms with Gasteiger partial charge in [-0.25, -0.2) is 0 Å². The van der Waals surface area contributed by atoms with Gasteiger partial charge in [-0.3, -0.25) is 0 Å². The van der Waals surface area contributed by atoms with Crippen LogP contribution in [0.25, 0.3) is 0 Å². The Bertz CT molecular complexity index is 139. The summed E-state index contributed by atoms with van der Waals surface area (Å²) in [6.45, 7) is 1.93. The molecule has 2 N–H and O–H groups in total. The average Bonchev–Trinajstić information content (AvgIpc) is 2.88. The van der Waals surface area contributed by atoms with E-state index in [1.807, 2.05) is 0 Å². The second-order valence-electron chi connectivity index (χ2n) is 4.32. The fourth-order valence-electron chi connectivity index (χ4n) is 2.10. The zero-order valence-electron chi connectivity index (χ0n) is 7.67. The fourth-order valence-corrected chi connectivity index (χ4v) is 2.10. The molecule has 0 aromatic carbocycles. The Morgan fingerprint density at radius 2 is 2.17 bits per heavy atom. The van der Waals surface area contributed by atoms with Gasteiger partial charge in [-0.2, -0.15) is 0 Å². The summed E-state index contributed by atoms with van der Waals surface area (Å²) in [6, 6.07) is 0.469. The molecule has 0 aromatic heterocycles. The van der Waals surface area contributed by atoms with Crippen LogP contribution in [0.2, 0.25) is 0 Å². The Labute approximate surface area is 74.5 Å². The molecule has 2 fully saturated rings. The molecule has 0 aromatic rings. The summed E-state index contributed by atoms with van der Waals surface area (Å²) in [5.74, 6) is 1.61. The van der Waals surface area contributed by atoms with Crippen molar-refractivity contribution in [3.8, 4) is 0 Å². The molecule has 1 heterocycles. The summed E-state index contributed by atoms with van der Waals surface area (Å²) >= 11 is 0. The van der Waals surface area contributed by atoms with Gasteiger partial charge in [0, 0.05) is 19.3 Å². The van der Waals surface area contributed by atoms with Crippen molar-refractivity contribution in [1.29, 1.82) is 0 Å². The van der Waals surface area contributed by atoms with Gasteiger partial charge in [0.25, 0.3) is 0 Å². The van der Waals surface area contributed by atoms with Gasteiger partial charge in [-0.05, 0) is 43.9 Å². The highest BCUT2D eigenvalue weighted by Crippen LogP contribution is 2.35. The standard InChI is InChI=1S/C10H19NO/c11-10(9-3-4-9)6-8-2-1-5-12-7-8/h8-10H,1-7,11H2. The number of rotatable bonds is 3. The maximum absolute atomic E-state index is 6.05. The van der Waals surface area contributed by atoms with Crippen LogP contribution >= 0.6 is 0 Å². The molecule has 0 bridgehead atoms. The van der Waals surface area contributed by atoms with Crippen molar-refractivity contribution in [3.63, 3.8) is 0 Å². The van der Waals surface area contributed by atoms with E-state index in [9.17, 15) is 0 Å². The summed E-state index contributed by atoms with van der Waals surface area (Å²) in [4.78, 5) is 0. The molecule has 1 aliphatic carbocycles. The summed E-state index contributed by atoms with van der Waals surface area (Å²) in [6.07, 6.45) is 6.51. The van der Waals surface area contributed by atoms with E-state index in [0.29, 0.717) is 6.04 Å². The van der Waals surface area contributed by atoms with E-state index in [1.165, 1.54) is 32.1 Å². The third-order valence-electron chi connectivity index (χ3n) is 3.09. The third kappa shape index (κ3) is 2.20. The van der Waals surface area contributed by atoms with E-state index < -0.39 is 0 Å². The van der Waals surface area contributed by atoms with Gasteiger partial charge in [0.15, 0.2) is 0 Å². The number of hydrogen-bond donors (Lipinski definition) is 1. The predicted molar refractivity (Wildman–Crippen MR) is 48.9 cm³/mol. The summed E-state index contributed by atoms with van der Waals surface area (Å²) in [5, 5.41) is 0. The first-order valence-corrected chi connectivity index (χ1v) is 5.19. The molecule has 0 amide bonds. The number of hydrogen-bond acceptors (Lipinski definition) is 2. The Morgan fingerprint density at radius 3 is 2.75 bits per heavy atom. The molecule has 2 unspecified atom stereocenters. The molecule has 2 nitrogen and oxygen atoms in total. The summed E-state index contributed by atoms with van der Waals surface area (Å²) in [5.41, 5.74) is 6.05. The Morgan fingerprint density at radius 1 is 1.33 bits per heavy atom. The van der Waals surface area contributed by atoms with Crippen LogP contribution in [0, 0.1) is 11.8 Å². The normalized spacial score (nSPS) is 33.2. The molecule has 1 saturated heterocycles. The van der Waals surface area contributed by atoms with Crippen molar-refractivity contribution < 1.29 is 4.74 Å². The van der Waals surface area contributed by atoms with Gasteiger partial charge in [-0.15, -0.1) is 0 Å². The van der Waals surface area contributed by atoms with Gasteiger partial charge in [-0.1, -0.05) is 0 Å². The first-order valence-electron chi connectivity index (χ1n) is 5.19. The van der Waals surface area contributed by atoms with Crippen molar-refractivity contribution in [2.75, 3.05) is 13.2 Å². The van der Waals surface area contributed by atoms with Crippen LogP contribution in [-0.4, -0.2) is 19.3 Å². The van der Waals surface area contributed by atoms with Crippen LogP contribution < -0.4 is 5.73 Å². The molecular weight excluding hydrogens is 150 g/mol. The lowest BCUT2D eigenvalue weighted by atomic mass is 9.93. The first-order chi connectivity index (χ1) is 5.86. The lowest BCUT2D eigenvalue weighted by molar-refractivity contribution is 0.0483. The molecule has 2 heteroatoms. The minimum Gasteiger partial charge on any atom is -0.381 e. The highest BCUT2D eigenvalue weighted by molar-refractivity contribution is 4.85. The van der Waals surface area contributed by atoms with Crippen LogP contribution in [0.4, 0.5) is 0 Å². The minimum absolute atomic E-state index is 0.469. The van der Waals surface area contributed by atoms with Crippen molar-refractivity contribution >= 4 is 0 Å². The zero-order valence-corrected chi connectivity index (χ0v) is 7.67. The molecular formula is C10H19NO. The van der Waals surface area contributed by atoms with Crippen molar-refractivity contribution in [3.05, 3.63) is 0 Å². The van der Waals surface area contributed by atoms with Crippen LogP contribution in [0.15, 0.2) is 0 Å². The van der Waals surface area contributed by atoms with Crippen molar-refractivity contribution in [2.45, 2.75) is 38.1 Å². The summed E-state index contributed by atoms with van der Waals surface area (Å²) in [7, 11) is 0. The molecule has 1 aliphatic heterocycles. The number of ether oxygens (including phenoxy) is 1. The minimum atomic E-state index is 0.469. The topological polar surface area (TPSA) is 35.2 Å². The zero-order chi connectivity index (χ0) is 8.39. The maximum Gasteiger partial charge on any atom is 0.0494 e. The van der Waals surface area contributed by atoms with Crippen LogP contribution in [-0.2, 0) is 4.74 Å². The quantitative estimate of drug-likeness (QED) is 0.695. The van der Waals surface area contributed by atoms with Crippen LogP contribution in [0.3, 0.4) is 0 Å². The summed E-state index contributed by atoms with van der Waals surface area (Å²) < 4.78 is 5.43. The van der Waals surface area contributed by atoms with Crippen LogP contribution in [0.5, 0.6) is 0 Å². The van der Waals surface area contributed by atoms with Gasteiger partial charge in [0.2, 0.25) is 0 Å². The van der Waals surface area contributed by atoms with Gasteiger partial charge >= 0.3 is 0 Å². The SMILES string of the molecule is NC(CC1CCCOC1)C1CC1. The van der Waals surface area contributed by atoms with Crippen LogP contribution in [0.1, 0.15) is 32.1 Å². The molecule has 2 atom stereocenters. The lowest BCUT2D eigenvalue weighted by Crippen LogP contribution is -2.29. The van der Waals surface area contributed by atoms with Crippen molar-refractivity contribution in [2.24, 2.45) is 17.6 Å². The Kier molecular flexibility index (Phi) is 2.66. The second kappa shape index (κ2) is 3.75. The van der Waals surface area contributed by atoms with Crippen molar-refractivity contribution in [1.82, 2.24) is 0 Å². The molecule has 2 aliphatic rings. The molecule has 0 spiro atoms. The highest BCUT2D eigenvalue weighted by atomic mass is 16.5. The lowest BCUT2D eigenvalue weighted by Gasteiger charge is -2.24. The smallest absolute Gasteiger partial charge is 0.0494 e. The van der Waals surface area contributed by atoms with Gasteiger partial charge in [0.1, 0.15) is 0 Å². The van der Waals surface area contributed by atoms with Gasteiger partial charge in [0.05, 0.1) is 0 Å². The Hall–Kier alpha value is -0.0800. The Balaban J connectivity index is 1.69. The first kappa shape index (κ1) is 8.52. The molecule has 70 valence electrons. The monoisotopic (exact) mass is 169 g/mol. The fraction of sp³-hybridized carbons (Fsp3) is 1.00. The third-order valence-corrected chi connectivity index (χ3v) is 3.09. The largest absolute Gasteiger partial charge is 0.381 e. The van der Waals surface area contributed by atoms with Gasteiger partial charge < -0.3 is 10.5 Å². The molecule has 1 saturated carbocycles. The van der Waals surface area contributed by atoms with E-state index in [-0.39, 0.29) is 0 Å².